The maximum Gasteiger partial charge on any atom is 0.324 e. The summed E-state index contributed by atoms with van der Waals surface area (Å²) in [6, 6.07) is 12.1. The van der Waals surface area contributed by atoms with Crippen molar-refractivity contribution in [1.82, 2.24) is 4.31 Å². The fourth-order valence-corrected chi connectivity index (χ4v) is 4.98. The first kappa shape index (κ1) is 22.0. The summed E-state index contributed by atoms with van der Waals surface area (Å²) in [7, 11) is -3.82. The minimum Gasteiger partial charge on any atom is -0.494 e. The molecule has 0 aliphatic carbocycles. The van der Waals surface area contributed by atoms with Crippen LogP contribution in [0.4, 0.5) is 0 Å². The Morgan fingerprint density at radius 1 is 1.07 bits per heavy atom. The first-order valence-electron chi connectivity index (χ1n) is 9.84. The van der Waals surface area contributed by atoms with Crippen molar-refractivity contribution in [3.8, 4) is 5.75 Å². The Balaban J connectivity index is 1.64. The Morgan fingerprint density at radius 2 is 1.73 bits per heavy atom. The third kappa shape index (κ3) is 4.88. The standard InChI is InChI=1S/C22H25NO6S/c1-3-28-18-10-8-17(9-11-18)21(24)15-29-22(25)20-5-4-14-23(20)30(26,27)19-12-6-16(2)7-13-19/h6-13,20H,3-5,14-15H2,1-2H3. The van der Waals surface area contributed by atoms with Gasteiger partial charge in [-0.3, -0.25) is 9.59 Å². The van der Waals surface area contributed by atoms with Gasteiger partial charge in [0.2, 0.25) is 10.0 Å². The fourth-order valence-electron chi connectivity index (χ4n) is 3.33. The molecule has 7 nitrogen and oxygen atoms in total. The van der Waals surface area contributed by atoms with Crippen molar-refractivity contribution in [1.29, 1.82) is 0 Å². The Hall–Kier alpha value is -2.71. The zero-order valence-corrected chi connectivity index (χ0v) is 17.9. The molecule has 1 heterocycles. The highest BCUT2D eigenvalue weighted by atomic mass is 32.2. The normalized spacial score (nSPS) is 16.9. The van der Waals surface area contributed by atoms with E-state index in [0.29, 0.717) is 30.8 Å². The third-order valence-electron chi connectivity index (χ3n) is 4.94. The summed E-state index contributed by atoms with van der Waals surface area (Å²) in [4.78, 5) is 25.0. The van der Waals surface area contributed by atoms with E-state index in [-0.39, 0.29) is 17.2 Å². The van der Waals surface area contributed by atoms with E-state index in [1.54, 1.807) is 36.4 Å². The van der Waals surface area contributed by atoms with E-state index in [0.717, 1.165) is 5.56 Å². The van der Waals surface area contributed by atoms with Gasteiger partial charge in [-0.1, -0.05) is 17.7 Å². The summed E-state index contributed by atoms with van der Waals surface area (Å²) in [6.07, 6.45) is 0.916. The number of hydrogen-bond donors (Lipinski definition) is 0. The number of carbonyl (C=O) groups excluding carboxylic acids is 2. The molecule has 3 rings (SSSR count). The lowest BCUT2D eigenvalue weighted by Crippen LogP contribution is -2.41. The van der Waals surface area contributed by atoms with Gasteiger partial charge in [0.05, 0.1) is 11.5 Å². The summed E-state index contributed by atoms with van der Waals surface area (Å²) in [6.45, 7) is 4.05. The predicted octanol–water partition coefficient (Wildman–Crippen LogP) is 2.97. The SMILES string of the molecule is CCOc1ccc(C(=O)COC(=O)C2CCCN2S(=O)(=O)c2ccc(C)cc2)cc1. The smallest absolute Gasteiger partial charge is 0.324 e. The second kappa shape index (κ2) is 9.40. The fraction of sp³-hybridized carbons (Fsp3) is 0.364. The van der Waals surface area contributed by atoms with Crippen LogP contribution in [0.2, 0.25) is 0 Å². The summed E-state index contributed by atoms with van der Waals surface area (Å²) < 4.78 is 37.6. The van der Waals surface area contributed by atoms with Crippen LogP contribution in [0, 0.1) is 6.92 Å². The number of ether oxygens (including phenoxy) is 2. The summed E-state index contributed by atoms with van der Waals surface area (Å²) in [5, 5.41) is 0. The molecule has 1 atom stereocenters. The first-order valence-corrected chi connectivity index (χ1v) is 11.3. The van der Waals surface area contributed by atoms with Crippen LogP contribution in [-0.4, -0.2) is 50.3 Å². The lowest BCUT2D eigenvalue weighted by Gasteiger charge is -2.22. The van der Waals surface area contributed by atoms with Crippen molar-refractivity contribution in [2.45, 2.75) is 37.6 Å². The number of aryl methyl sites for hydroxylation is 1. The van der Waals surface area contributed by atoms with Crippen molar-refractivity contribution in [2.24, 2.45) is 0 Å². The Labute approximate surface area is 176 Å². The van der Waals surface area contributed by atoms with Crippen LogP contribution in [0.25, 0.3) is 0 Å². The van der Waals surface area contributed by atoms with E-state index in [2.05, 4.69) is 0 Å². The van der Waals surface area contributed by atoms with Gasteiger partial charge in [-0.05, 0) is 63.1 Å². The largest absolute Gasteiger partial charge is 0.494 e. The number of esters is 1. The van der Waals surface area contributed by atoms with Crippen LogP contribution in [0.5, 0.6) is 5.75 Å². The number of rotatable bonds is 8. The van der Waals surface area contributed by atoms with Crippen LogP contribution < -0.4 is 4.74 Å². The van der Waals surface area contributed by atoms with Gasteiger partial charge in [-0.2, -0.15) is 4.31 Å². The molecule has 30 heavy (non-hydrogen) atoms. The number of benzene rings is 2. The van der Waals surface area contributed by atoms with Crippen molar-refractivity contribution < 1.29 is 27.5 Å². The Kier molecular flexibility index (Phi) is 6.89. The van der Waals surface area contributed by atoms with Crippen LogP contribution in [-0.2, 0) is 19.6 Å². The van der Waals surface area contributed by atoms with Gasteiger partial charge in [0, 0.05) is 12.1 Å². The average molecular weight is 432 g/mol. The maximum absolute atomic E-state index is 12.9. The highest BCUT2D eigenvalue weighted by Crippen LogP contribution is 2.27. The molecule has 0 aromatic heterocycles. The van der Waals surface area contributed by atoms with E-state index in [4.69, 9.17) is 9.47 Å². The van der Waals surface area contributed by atoms with Crippen molar-refractivity contribution in [2.75, 3.05) is 19.8 Å². The first-order chi connectivity index (χ1) is 14.3. The highest BCUT2D eigenvalue weighted by Gasteiger charge is 2.40. The highest BCUT2D eigenvalue weighted by molar-refractivity contribution is 7.89. The van der Waals surface area contributed by atoms with Crippen LogP contribution in [0.1, 0.15) is 35.7 Å². The molecule has 8 heteroatoms. The molecule has 1 fully saturated rings. The van der Waals surface area contributed by atoms with Crippen LogP contribution in [0.15, 0.2) is 53.4 Å². The van der Waals surface area contributed by atoms with Gasteiger partial charge in [0.15, 0.2) is 12.4 Å². The molecule has 0 spiro atoms. The summed E-state index contributed by atoms with van der Waals surface area (Å²) in [5.74, 6) is -0.422. The number of Topliss-reactive ketones (excluding diaryl/α,β-unsaturated/α-hetero) is 1. The molecule has 1 saturated heterocycles. The zero-order valence-electron chi connectivity index (χ0n) is 17.0. The second-order valence-corrected chi connectivity index (χ2v) is 8.97. The van der Waals surface area contributed by atoms with E-state index < -0.39 is 28.6 Å². The molecule has 1 aliphatic rings. The monoisotopic (exact) mass is 431 g/mol. The number of hydrogen-bond acceptors (Lipinski definition) is 6. The number of ketones is 1. The quantitative estimate of drug-likeness (QED) is 0.472. The van der Waals surface area contributed by atoms with E-state index in [1.807, 2.05) is 13.8 Å². The molecule has 0 N–H and O–H groups in total. The molecule has 0 amide bonds. The van der Waals surface area contributed by atoms with Crippen molar-refractivity contribution >= 4 is 21.8 Å². The second-order valence-electron chi connectivity index (χ2n) is 7.08. The van der Waals surface area contributed by atoms with Gasteiger partial charge >= 0.3 is 5.97 Å². The van der Waals surface area contributed by atoms with Crippen molar-refractivity contribution in [3.05, 3.63) is 59.7 Å². The van der Waals surface area contributed by atoms with E-state index in [9.17, 15) is 18.0 Å². The predicted molar refractivity (Wildman–Crippen MR) is 111 cm³/mol. The van der Waals surface area contributed by atoms with E-state index in [1.165, 1.54) is 16.4 Å². The minimum atomic E-state index is -3.82. The maximum atomic E-state index is 12.9. The van der Waals surface area contributed by atoms with Gasteiger partial charge in [0.25, 0.3) is 0 Å². The molecule has 0 saturated carbocycles. The lowest BCUT2D eigenvalue weighted by molar-refractivity contribution is -0.146. The zero-order chi connectivity index (χ0) is 21.7. The molecule has 0 radical (unpaired) electrons. The topological polar surface area (TPSA) is 90.0 Å². The summed E-state index contributed by atoms with van der Waals surface area (Å²) in [5.41, 5.74) is 1.33. The number of nitrogens with zero attached hydrogens (tertiary/aromatic N) is 1. The van der Waals surface area contributed by atoms with Gasteiger partial charge in [-0.25, -0.2) is 8.42 Å². The number of sulfonamides is 1. The van der Waals surface area contributed by atoms with Crippen LogP contribution in [0.3, 0.4) is 0 Å². The summed E-state index contributed by atoms with van der Waals surface area (Å²) >= 11 is 0. The molecule has 2 aromatic rings. The van der Waals surface area contributed by atoms with Gasteiger partial charge in [-0.15, -0.1) is 0 Å². The minimum absolute atomic E-state index is 0.137. The molecule has 1 unspecified atom stereocenters. The van der Waals surface area contributed by atoms with Crippen molar-refractivity contribution in [3.63, 3.8) is 0 Å². The number of carbonyl (C=O) groups is 2. The molecular formula is C22H25NO6S. The molecular weight excluding hydrogens is 406 g/mol. The average Bonchev–Trinajstić information content (AvgIpc) is 3.24. The Morgan fingerprint density at radius 3 is 2.37 bits per heavy atom. The lowest BCUT2D eigenvalue weighted by atomic mass is 10.1. The van der Waals surface area contributed by atoms with Gasteiger partial charge < -0.3 is 9.47 Å². The molecule has 160 valence electrons. The molecule has 2 aromatic carbocycles. The third-order valence-corrected chi connectivity index (χ3v) is 6.86. The molecule has 1 aliphatic heterocycles. The Bertz CT molecular complexity index is 999. The molecule has 0 bridgehead atoms. The van der Waals surface area contributed by atoms with Crippen LogP contribution >= 0.6 is 0 Å². The van der Waals surface area contributed by atoms with Gasteiger partial charge in [0.1, 0.15) is 11.8 Å². The van der Waals surface area contributed by atoms with E-state index >= 15 is 0 Å².